The zero-order valence-corrected chi connectivity index (χ0v) is 9.45. The molecule has 0 bridgehead atoms. The Hall–Kier alpha value is -2.09. The molecule has 2 N–H and O–H groups in total. The van der Waals surface area contributed by atoms with Gasteiger partial charge in [0.05, 0.1) is 0 Å². The van der Waals surface area contributed by atoms with E-state index in [9.17, 15) is 9.59 Å². The van der Waals surface area contributed by atoms with Crippen molar-refractivity contribution in [1.82, 2.24) is 15.0 Å². The van der Waals surface area contributed by atoms with Gasteiger partial charge in [0.1, 0.15) is 6.26 Å². The van der Waals surface area contributed by atoms with Gasteiger partial charge in [0.2, 0.25) is 0 Å². The van der Waals surface area contributed by atoms with Crippen LogP contribution in [0.4, 0.5) is 0 Å². The van der Waals surface area contributed by atoms with Crippen molar-refractivity contribution in [3.63, 3.8) is 0 Å². The highest BCUT2D eigenvalue weighted by Gasteiger charge is 2.12. The zero-order chi connectivity index (χ0) is 12.4. The number of oxazole rings is 1. The number of H-pyrrole nitrogens is 1. The molecule has 0 amide bonds. The second-order valence-electron chi connectivity index (χ2n) is 3.10. The SMILES string of the molecule is Cc1cc(=O)[nH]c(Sc2nc(C(=O)O)co2)n1. The molecule has 0 aliphatic heterocycles. The molecule has 8 heteroatoms. The molecule has 0 spiro atoms. The summed E-state index contributed by atoms with van der Waals surface area (Å²) in [6, 6.07) is 1.35. The molecule has 2 aromatic rings. The standard InChI is InChI=1S/C9H7N3O4S/c1-4-2-6(13)12-8(10-4)17-9-11-5(3-16-9)7(14)15/h2-3H,1H3,(H,14,15)(H,10,12,13). The third-order valence-electron chi connectivity index (χ3n) is 1.73. The van der Waals surface area contributed by atoms with Gasteiger partial charge in [-0.2, -0.15) is 4.98 Å². The summed E-state index contributed by atoms with van der Waals surface area (Å²) < 4.78 is 4.92. The number of rotatable bonds is 3. The number of hydrogen-bond donors (Lipinski definition) is 2. The third kappa shape index (κ3) is 2.72. The minimum absolute atomic E-state index is 0.108. The average molecular weight is 253 g/mol. The van der Waals surface area contributed by atoms with E-state index in [1.807, 2.05) is 0 Å². The van der Waals surface area contributed by atoms with Gasteiger partial charge in [0.15, 0.2) is 10.9 Å². The van der Waals surface area contributed by atoms with Crippen molar-refractivity contribution in [3.05, 3.63) is 34.1 Å². The lowest BCUT2D eigenvalue weighted by molar-refractivity contribution is 0.0690. The summed E-state index contributed by atoms with van der Waals surface area (Å²) in [6.07, 6.45) is 1.03. The molecular weight excluding hydrogens is 246 g/mol. The Morgan fingerprint density at radius 2 is 2.29 bits per heavy atom. The van der Waals surface area contributed by atoms with Crippen molar-refractivity contribution in [2.24, 2.45) is 0 Å². The number of hydrogen-bond acceptors (Lipinski definition) is 6. The van der Waals surface area contributed by atoms with E-state index in [4.69, 9.17) is 9.52 Å². The van der Waals surface area contributed by atoms with E-state index in [0.29, 0.717) is 10.9 Å². The molecule has 0 atom stereocenters. The molecule has 0 fully saturated rings. The van der Waals surface area contributed by atoms with E-state index in [2.05, 4.69) is 15.0 Å². The number of aryl methyl sites for hydroxylation is 1. The fourth-order valence-corrected chi connectivity index (χ4v) is 1.83. The first-order chi connectivity index (χ1) is 8.04. The molecule has 2 aromatic heterocycles. The van der Waals surface area contributed by atoms with Crippen LogP contribution in [-0.4, -0.2) is 26.0 Å². The summed E-state index contributed by atoms with van der Waals surface area (Å²) in [5.41, 5.74) is 0.0776. The smallest absolute Gasteiger partial charge is 0.357 e. The Balaban J connectivity index is 2.25. The van der Waals surface area contributed by atoms with Crippen LogP contribution in [0.3, 0.4) is 0 Å². The largest absolute Gasteiger partial charge is 0.476 e. The van der Waals surface area contributed by atoms with Gasteiger partial charge in [0.25, 0.3) is 10.8 Å². The average Bonchev–Trinajstić information content (AvgIpc) is 2.64. The Labute approximate surface area is 98.9 Å². The first kappa shape index (κ1) is 11.4. The van der Waals surface area contributed by atoms with Crippen molar-refractivity contribution >= 4 is 17.7 Å². The Kier molecular flexibility index (Phi) is 2.96. The fraction of sp³-hybridized carbons (Fsp3) is 0.111. The van der Waals surface area contributed by atoms with Crippen LogP contribution in [0.1, 0.15) is 16.2 Å². The Morgan fingerprint density at radius 1 is 1.53 bits per heavy atom. The molecule has 17 heavy (non-hydrogen) atoms. The fourth-order valence-electron chi connectivity index (χ4n) is 1.09. The van der Waals surface area contributed by atoms with Gasteiger partial charge in [-0.15, -0.1) is 0 Å². The molecule has 0 saturated carbocycles. The number of aromatic amines is 1. The van der Waals surface area contributed by atoms with E-state index in [1.165, 1.54) is 6.07 Å². The normalized spacial score (nSPS) is 10.4. The van der Waals surface area contributed by atoms with Crippen molar-refractivity contribution in [1.29, 1.82) is 0 Å². The van der Waals surface area contributed by atoms with Crippen molar-refractivity contribution in [2.75, 3.05) is 0 Å². The van der Waals surface area contributed by atoms with Crippen molar-refractivity contribution < 1.29 is 14.3 Å². The lowest BCUT2D eigenvalue weighted by Crippen LogP contribution is -2.07. The summed E-state index contributed by atoms with van der Waals surface area (Å²) in [5, 5.41) is 9.05. The van der Waals surface area contributed by atoms with Gasteiger partial charge >= 0.3 is 5.97 Å². The number of nitrogens with one attached hydrogen (secondary N) is 1. The van der Waals surface area contributed by atoms with E-state index in [-0.39, 0.29) is 16.5 Å². The quantitative estimate of drug-likeness (QED) is 0.782. The molecule has 0 unspecified atom stereocenters. The molecule has 0 aromatic carbocycles. The second kappa shape index (κ2) is 4.42. The predicted molar refractivity (Wildman–Crippen MR) is 57.2 cm³/mol. The van der Waals surface area contributed by atoms with Gasteiger partial charge in [-0.1, -0.05) is 0 Å². The van der Waals surface area contributed by atoms with Gasteiger partial charge in [-0.05, 0) is 6.92 Å². The molecule has 0 radical (unpaired) electrons. The highest BCUT2D eigenvalue weighted by atomic mass is 32.2. The molecule has 0 aliphatic rings. The zero-order valence-electron chi connectivity index (χ0n) is 8.63. The molecule has 7 nitrogen and oxygen atoms in total. The van der Waals surface area contributed by atoms with Gasteiger partial charge in [-0.3, -0.25) is 4.79 Å². The van der Waals surface area contributed by atoms with E-state index >= 15 is 0 Å². The number of carboxylic acids is 1. The lowest BCUT2D eigenvalue weighted by Gasteiger charge is -1.96. The predicted octanol–water partition coefficient (Wildman–Crippen LogP) is 0.916. The van der Waals surface area contributed by atoms with Crippen LogP contribution in [0.25, 0.3) is 0 Å². The topological polar surface area (TPSA) is 109 Å². The van der Waals surface area contributed by atoms with Crippen LogP contribution in [-0.2, 0) is 0 Å². The van der Waals surface area contributed by atoms with Crippen LogP contribution < -0.4 is 5.56 Å². The lowest BCUT2D eigenvalue weighted by atomic mass is 10.5. The number of aromatic nitrogens is 3. The van der Waals surface area contributed by atoms with Crippen LogP contribution >= 0.6 is 11.8 Å². The summed E-state index contributed by atoms with van der Waals surface area (Å²) >= 11 is 0.946. The number of aromatic carboxylic acids is 1. The third-order valence-corrected chi connectivity index (χ3v) is 2.48. The Morgan fingerprint density at radius 3 is 2.88 bits per heavy atom. The number of nitrogens with zero attached hydrogens (tertiary/aromatic N) is 2. The Bertz CT molecular complexity index is 619. The van der Waals surface area contributed by atoms with Crippen LogP contribution in [0, 0.1) is 6.92 Å². The molecule has 2 rings (SSSR count). The van der Waals surface area contributed by atoms with Crippen LogP contribution in [0.15, 0.2) is 31.9 Å². The van der Waals surface area contributed by atoms with Crippen molar-refractivity contribution in [2.45, 2.75) is 17.3 Å². The maximum atomic E-state index is 11.2. The van der Waals surface area contributed by atoms with Gasteiger partial charge < -0.3 is 14.5 Å². The molecule has 0 saturated heterocycles. The highest BCUT2D eigenvalue weighted by molar-refractivity contribution is 7.98. The highest BCUT2D eigenvalue weighted by Crippen LogP contribution is 2.22. The maximum absolute atomic E-state index is 11.2. The van der Waals surface area contributed by atoms with Crippen LogP contribution in [0.2, 0.25) is 0 Å². The first-order valence-electron chi connectivity index (χ1n) is 4.49. The number of carbonyl (C=O) groups is 1. The van der Waals surface area contributed by atoms with Gasteiger partial charge in [0, 0.05) is 23.5 Å². The van der Waals surface area contributed by atoms with Gasteiger partial charge in [-0.25, -0.2) is 9.78 Å². The molecular formula is C9H7N3O4S. The number of carboxylic acid groups (broad SMARTS) is 1. The summed E-state index contributed by atoms with van der Waals surface area (Å²) in [5.74, 6) is -1.17. The second-order valence-corrected chi connectivity index (χ2v) is 4.04. The summed E-state index contributed by atoms with van der Waals surface area (Å²) in [6.45, 7) is 1.68. The monoisotopic (exact) mass is 253 g/mol. The molecule has 88 valence electrons. The summed E-state index contributed by atoms with van der Waals surface area (Å²) in [4.78, 5) is 32.0. The maximum Gasteiger partial charge on any atom is 0.357 e. The summed E-state index contributed by atoms with van der Waals surface area (Å²) in [7, 11) is 0. The van der Waals surface area contributed by atoms with Crippen molar-refractivity contribution in [3.8, 4) is 0 Å². The molecule has 2 heterocycles. The first-order valence-corrected chi connectivity index (χ1v) is 5.31. The van der Waals surface area contributed by atoms with E-state index < -0.39 is 5.97 Å². The van der Waals surface area contributed by atoms with Crippen LogP contribution in [0.5, 0.6) is 0 Å². The minimum Gasteiger partial charge on any atom is -0.476 e. The molecule has 0 aliphatic carbocycles. The minimum atomic E-state index is -1.17. The van der Waals surface area contributed by atoms with E-state index in [0.717, 1.165) is 18.0 Å². The van der Waals surface area contributed by atoms with E-state index in [1.54, 1.807) is 6.92 Å².